The number of hydrogen-bond donors (Lipinski definition) is 1. The summed E-state index contributed by atoms with van der Waals surface area (Å²) in [6, 6.07) is 5.55. The number of rotatable bonds is 7. The smallest absolute Gasteiger partial charge is 0.241 e. The Labute approximate surface area is 145 Å². The predicted molar refractivity (Wildman–Crippen MR) is 92.3 cm³/mol. The second-order valence-electron chi connectivity index (χ2n) is 4.81. The lowest BCUT2D eigenvalue weighted by Crippen LogP contribution is -2.29. The maximum Gasteiger partial charge on any atom is 0.241 e. The average molecular weight is 375 g/mol. The van der Waals surface area contributed by atoms with Crippen molar-refractivity contribution in [1.29, 1.82) is 0 Å². The molecule has 0 radical (unpaired) electrons. The molecule has 6 nitrogen and oxygen atoms in total. The zero-order valence-electron chi connectivity index (χ0n) is 13.2. The molecule has 0 fully saturated rings. The van der Waals surface area contributed by atoms with Gasteiger partial charge in [0.25, 0.3) is 0 Å². The summed E-state index contributed by atoms with van der Waals surface area (Å²) >= 11 is 7.37. The van der Waals surface area contributed by atoms with Crippen molar-refractivity contribution in [2.45, 2.75) is 43.4 Å². The lowest BCUT2D eigenvalue weighted by molar-refractivity contribution is 0.539. The number of nitrogens with one attached hydrogen (secondary N) is 1. The standard InChI is InChI=1S/C14H19ClN4O2S2/c1-4-19-13(16-17-14(19)22-5-2)10(3)18-23(20,21)12-8-6-11(15)7-9-12/h6-10,18H,4-5H2,1-3H3/t10-/m1/s1. The highest BCUT2D eigenvalue weighted by Gasteiger charge is 2.23. The van der Waals surface area contributed by atoms with Crippen LogP contribution in [0.25, 0.3) is 0 Å². The molecule has 1 aromatic heterocycles. The largest absolute Gasteiger partial charge is 0.305 e. The van der Waals surface area contributed by atoms with Crippen molar-refractivity contribution in [3.8, 4) is 0 Å². The number of sulfonamides is 1. The molecule has 0 spiro atoms. The van der Waals surface area contributed by atoms with Gasteiger partial charge in [-0.05, 0) is 43.9 Å². The normalized spacial score (nSPS) is 13.2. The molecule has 1 N–H and O–H groups in total. The van der Waals surface area contributed by atoms with Crippen LogP contribution in [-0.2, 0) is 16.6 Å². The summed E-state index contributed by atoms with van der Waals surface area (Å²) in [5, 5.41) is 9.56. The zero-order chi connectivity index (χ0) is 17.0. The Morgan fingerprint density at radius 3 is 2.48 bits per heavy atom. The van der Waals surface area contributed by atoms with E-state index in [0.717, 1.165) is 10.9 Å². The molecule has 0 bridgehead atoms. The monoisotopic (exact) mass is 374 g/mol. The minimum Gasteiger partial charge on any atom is -0.305 e. The van der Waals surface area contributed by atoms with Crippen molar-refractivity contribution in [3.63, 3.8) is 0 Å². The minimum atomic E-state index is -3.65. The molecule has 126 valence electrons. The Morgan fingerprint density at radius 1 is 1.26 bits per heavy atom. The van der Waals surface area contributed by atoms with Crippen LogP contribution in [0.4, 0.5) is 0 Å². The molecule has 23 heavy (non-hydrogen) atoms. The molecule has 1 atom stereocenters. The number of aromatic nitrogens is 3. The summed E-state index contributed by atoms with van der Waals surface area (Å²) in [5.41, 5.74) is 0. The maximum absolute atomic E-state index is 12.4. The fraction of sp³-hybridized carbons (Fsp3) is 0.429. The highest BCUT2D eigenvalue weighted by molar-refractivity contribution is 7.99. The van der Waals surface area contributed by atoms with E-state index in [-0.39, 0.29) is 4.90 Å². The van der Waals surface area contributed by atoms with Crippen LogP contribution in [-0.4, -0.2) is 28.9 Å². The first kappa shape index (κ1) is 18.3. The lowest BCUT2D eigenvalue weighted by atomic mass is 10.3. The van der Waals surface area contributed by atoms with Gasteiger partial charge in [-0.2, -0.15) is 0 Å². The third-order valence-corrected chi connectivity index (χ3v) is 5.84. The number of nitrogens with zero attached hydrogens (tertiary/aromatic N) is 3. The van der Waals surface area contributed by atoms with E-state index >= 15 is 0 Å². The predicted octanol–water partition coefficient (Wildman–Crippen LogP) is 3.10. The molecule has 2 rings (SSSR count). The summed E-state index contributed by atoms with van der Waals surface area (Å²) in [7, 11) is -3.65. The van der Waals surface area contributed by atoms with Crippen LogP contribution in [0.3, 0.4) is 0 Å². The van der Waals surface area contributed by atoms with Gasteiger partial charge in [0.2, 0.25) is 10.0 Å². The topological polar surface area (TPSA) is 76.9 Å². The SMILES string of the molecule is CCSc1nnc([C@@H](C)NS(=O)(=O)c2ccc(Cl)cc2)n1CC. The van der Waals surface area contributed by atoms with E-state index in [9.17, 15) is 8.42 Å². The summed E-state index contributed by atoms with van der Waals surface area (Å²) in [4.78, 5) is 0.166. The van der Waals surface area contributed by atoms with Crippen molar-refractivity contribution < 1.29 is 8.42 Å². The van der Waals surface area contributed by atoms with Gasteiger partial charge in [-0.25, -0.2) is 13.1 Å². The molecule has 0 unspecified atom stereocenters. The van der Waals surface area contributed by atoms with Gasteiger partial charge in [0, 0.05) is 11.6 Å². The van der Waals surface area contributed by atoms with E-state index in [1.54, 1.807) is 30.8 Å². The summed E-state index contributed by atoms with van der Waals surface area (Å²) < 4.78 is 29.4. The first-order chi connectivity index (χ1) is 10.9. The van der Waals surface area contributed by atoms with Crippen LogP contribution in [0.15, 0.2) is 34.3 Å². The van der Waals surface area contributed by atoms with Crippen molar-refractivity contribution >= 4 is 33.4 Å². The molecule has 0 aliphatic rings. The zero-order valence-corrected chi connectivity index (χ0v) is 15.5. The molecule has 9 heteroatoms. The van der Waals surface area contributed by atoms with Gasteiger partial charge in [0.15, 0.2) is 11.0 Å². The summed E-state index contributed by atoms with van der Waals surface area (Å²) in [6.45, 7) is 6.44. The molecule has 0 aliphatic carbocycles. The Kier molecular flexibility index (Phi) is 6.07. The van der Waals surface area contributed by atoms with Crippen molar-refractivity contribution in [1.82, 2.24) is 19.5 Å². The van der Waals surface area contributed by atoms with Crippen molar-refractivity contribution in [2.24, 2.45) is 0 Å². The van der Waals surface area contributed by atoms with Crippen LogP contribution in [0.2, 0.25) is 5.02 Å². The van der Waals surface area contributed by atoms with Gasteiger partial charge in [0.1, 0.15) is 0 Å². The van der Waals surface area contributed by atoms with Crippen LogP contribution >= 0.6 is 23.4 Å². The third-order valence-electron chi connectivity index (χ3n) is 3.18. The lowest BCUT2D eigenvalue weighted by Gasteiger charge is -2.15. The molecular weight excluding hydrogens is 356 g/mol. The second kappa shape index (κ2) is 7.65. The van der Waals surface area contributed by atoms with E-state index in [4.69, 9.17) is 11.6 Å². The number of benzene rings is 1. The molecule has 0 saturated carbocycles. The van der Waals surface area contributed by atoms with Crippen molar-refractivity contribution in [3.05, 3.63) is 35.1 Å². The minimum absolute atomic E-state index is 0.166. The van der Waals surface area contributed by atoms with Gasteiger partial charge < -0.3 is 4.57 Å². The Bertz CT molecular complexity index is 760. The second-order valence-corrected chi connectivity index (χ2v) is 8.20. The summed E-state index contributed by atoms with van der Waals surface area (Å²) in [5.74, 6) is 1.48. The number of thioether (sulfide) groups is 1. The molecule has 0 aliphatic heterocycles. The third kappa shape index (κ3) is 4.26. The van der Waals surface area contributed by atoms with Crippen LogP contribution in [0.1, 0.15) is 32.6 Å². The van der Waals surface area contributed by atoms with Crippen LogP contribution in [0.5, 0.6) is 0 Å². The first-order valence-electron chi connectivity index (χ1n) is 7.22. The Hall–Kier alpha value is -1.09. The highest BCUT2D eigenvalue weighted by atomic mass is 35.5. The molecule has 0 saturated heterocycles. The Balaban J connectivity index is 2.24. The molecular formula is C14H19ClN4O2S2. The van der Waals surface area contributed by atoms with E-state index in [2.05, 4.69) is 14.9 Å². The van der Waals surface area contributed by atoms with E-state index < -0.39 is 16.1 Å². The van der Waals surface area contributed by atoms with Gasteiger partial charge >= 0.3 is 0 Å². The van der Waals surface area contributed by atoms with E-state index in [0.29, 0.717) is 17.4 Å². The van der Waals surface area contributed by atoms with Gasteiger partial charge in [-0.3, -0.25) is 0 Å². The summed E-state index contributed by atoms with van der Waals surface area (Å²) in [6.07, 6.45) is 0. The first-order valence-corrected chi connectivity index (χ1v) is 10.1. The molecule has 1 aromatic carbocycles. The van der Waals surface area contributed by atoms with Crippen LogP contribution in [0, 0.1) is 0 Å². The maximum atomic E-state index is 12.4. The quantitative estimate of drug-likeness (QED) is 0.753. The number of halogens is 1. The molecule has 0 amide bonds. The fourth-order valence-corrected chi connectivity index (χ4v) is 4.18. The molecule has 2 aromatic rings. The van der Waals surface area contributed by atoms with E-state index in [1.165, 1.54) is 12.1 Å². The average Bonchev–Trinajstić information content (AvgIpc) is 2.90. The van der Waals surface area contributed by atoms with Crippen LogP contribution < -0.4 is 4.72 Å². The van der Waals surface area contributed by atoms with Crippen molar-refractivity contribution in [2.75, 3.05) is 5.75 Å². The van der Waals surface area contributed by atoms with Gasteiger partial charge in [-0.1, -0.05) is 30.3 Å². The van der Waals surface area contributed by atoms with E-state index in [1.807, 2.05) is 18.4 Å². The highest BCUT2D eigenvalue weighted by Crippen LogP contribution is 2.22. The molecule has 1 heterocycles. The Morgan fingerprint density at radius 2 is 1.91 bits per heavy atom. The van der Waals surface area contributed by atoms with Gasteiger partial charge in [-0.15, -0.1) is 10.2 Å². The van der Waals surface area contributed by atoms with Gasteiger partial charge in [0.05, 0.1) is 10.9 Å². The fourth-order valence-electron chi connectivity index (χ4n) is 2.12. The number of hydrogen-bond acceptors (Lipinski definition) is 5.